The number of benzene rings is 1. The van der Waals surface area contributed by atoms with E-state index in [9.17, 15) is 4.39 Å². The summed E-state index contributed by atoms with van der Waals surface area (Å²) in [6.07, 6.45) is 3.67. The molecule has 2 aromatic rings. The first-order chi connectivity index (χ1) is 9.79. The van der Waals surface area contributed by atoms with Crippen molar-refractivity contribution in [2.24, 2.45) is 5.73 Å². The second-order valence-electron chi connectivity index (χ2n) is 5.11. The predicted molar refractivity (Wildman–Crippen MR) is 77.9 cm³/mol. The minimum Gasteiger partial charge on any atom is -0.350 e. The van der Waals surface area contributed by atoms with E-state index in [0.29, 0.717) is 17.9 Å². The quantitative estimate of drug-likeness (QED) is 0.913. The summed E-state index contributed by atoms with van der Waals surface area (Å²) in [5.41, 5.74) is 8.70. The van der Waals surface area contributed by atoms with Gasteiger partial charge in [-0.05, 0) is 30.0 Å². The van der Waals surface area contributed by atoms with Crippen LogP contribution in [0.15, 0.2) is 36.5 Å². The molecule has 1 aromatic carbocycles. The maximum atomic E-state index is 14.4. The zero-order valence-corrected chi connectivity index (χ0v) is 11.3. The van der Waals surface area contributed by atoms with Crippen molar-refractivity contribution in [1.29, 1.82) is 0 Å². The van der Waals surface area contributed by atoms with Crippen molar-refractivity contribution in [2.45, 2.75) is 25.9 Å². The van der Waals surface area contributed by atoms with Gasteiger partial charge in [-0.3, -0.25) is 0 Å². The number of pyridine rings is 1. The third kappa shape index (κ3) is 2.39. The van der Waals surface area contributed by atoms with Crippen LogP contribution < -0.4 is 10.6 Å². The molecule has 0 amide bonds. The summed E-state index contributed by atoms with van der Waals surface area (Å²) >= 11 is 0. The third-order valence-corrected chi connectivity index (χ3v) is 3.82. The van der Waals surface area contributed by atoms with Crippen LogP contribution in [-0.4, -0.2) is 11.5 Å². The molecule has 1 aromatic heterocycles. The maximum Gasteiger partial charge on any atom is 0.170 e. The van der Waals surface area contributed by atoms with Crippen LogP contribution in [0.1, 0.15) is 23.1 Å². The Labute approximate surface area is 118 Å². The van der Waals surface area contributed by atoms with Crippen LogP contribution in [0.3, 0.4) is 0 Å². The fraction of sp³-hybridized carbons (Fsp3) is 0.312. The van der Waals surface area contributed by atoms with E-state index in [4.69, 9.17) is 5.73 Å². The van der Waals surface area contributed by atoms with Crippen LogP contribution in [0.2, 0.25) is 0 Å². The molecule has 104 valence electrons. The fourth-order valence-electron chi connectivity index (χ4n) is 2.73. The molecule has 0 spiro atoms. The summed E-state index contributed by atoms with van der Waals surface area (Å²) in [7, 11) is 0. The molecule has 4 heteroatoms. The molecule has 0 saturated carbocycles. The van der Waals surface area contributed by atoms with Gasteiger partial charge in [-0.2, -0.15) is 0 Å². The van der Waals surface area contributed by atoms with Crippen LogP contribution in [-0.2, 0) is 19.5 Å². The fourth-order valence-corrected chi connectivity index (χ4v) is 2.73. The van der Waals surface area contributed by atoms with Crippen LogP contribution in [0.5, 0.6) is 0 Å². The number of aromatic nitrogens is 1. The molecule has 3 rings (SSSR count). The standard InChI is InChI=1S/C16H18FN3/c17-15-13(10-18)7-8-19-16(15)20-9-3-6-12-4-1-2-5-14(12)11-20/h1-2,4-5,7-8H,3,6,9-11,18H2. The molecule has 0 fully saturated rings. The monoisotopic (exact) mass is 271 g/mol. The van der Waals surface area contributed by atoms with Crippen molar-refractivity contribution in [3.05, 3.63) is 59.0 Å². The number of aryl methyl sites for hydroxylation is 1. The smallest absolute Gasteiger partial charge is 0.170 e. The first-order valence-corrected chi connectivity index (χ1v) is 6.95. The van der Waals surface area contributed by atoms with Gasteiger partial charge in [0.2, 0.25) is 0 Å². The predicted octanol–water partition coefficient (Wildman–Crippen LogP) is 2.63. The van der Waals surface area contributed by atoms with Crippen molar-refractivity contribution in [3.8, 4) is 0 Å². The molecule has 0 aliphatic carbocycles. The molecule has 0 unspecified atom stereocenters. The molecule has 20 heavy (non-hydrogen) atoms. The van der Waals surface area contributed by atoms with Crippen molar-refractivity contribution >= 4 is 5.82 Å². The van der Waals surface area contributed by atoms with Crippen molar-refractivity contribution in [2.75, 3.05) is 11.4 Å². The van der Waals surface area contributed by atoms with E-state index in [1.54, 1.807) is 12.3 Å². The summed E-state index contributed by atoms with van der Waals surface area (Å²) in [4.78, 5) is 6.23. The second kappa shape index (κ2) is 5.59. The van der Waals surface area contributed by atoms with Gasteiger partial charge in [-0.25, -0.2) is 9.37 Å². The number of nitrogens with zero attached hydrogens (tertiary/aromatic N) is 2. The summed E-state index contributed by atoms with van der Waals surface area (Å²) in [6.45, 7) is 1.71. The lowest BCUT2D eigenvalue weighted by Crippen LogP contribution is -2.25. The maximum absolute atomic E-state index is 14.4. The highest BCUT2D eigenvalue weighted by molar-refractivity contribution is 5.45. The highest BCUT2D eigenvalue weighted by atomic mass is 19.1. The lowest BCUT2D eigenvalue weighted by atomic mass is 10.0. The molecule has 0 bridgehead atoms. The molecule has 3 nitrogen and oxygen atoms in total. The van der Waals surface area contributed by atoms with E-state index in [0.717, 1.165) is 19.4 Å². The Bertz CT molecular complexity index is 612. The zero-order valence-electron chi connectivity index (χ0n) is 11.3. The Balaban J connectivity index is 1.95. The van der Waals surface area contributed by atoms with E-state index in [1.807, 2.05) is 11.0 Å². The van der Waals surface area contributed by atoms with E-state index < -0.39 is 0 Å². The molecular formula is C16H18FN3. The van der Waals surface area contributed by atoms with E-state index >= 15 is 0 Å². The second-order valence-corrected chi connectivity index (χ2v) is 5.11. The van der Waals surface area contributed by atoms with Crippen LogP contribution in [0, 0.1) is 5.82 Å². The van der Waals surface area contributed by atoms with Crippen LogP contribution >= 0.6 is 0 Å². The van der Waals surface area contributed by atoms with Crippen molar-refractivity contribution in [1.82, 2.24) is 4.98 Å². The Hall–Kier alpha value is -1.94. The molecular weight excluding hydrogens is 253 g/mol. The first-order valence-electron chi connectivity index (χ1n) is 6.95. The van der Waals surface area contributed by atoms with E-state index in [-0.39, 0.29) is 12.4 Å². The molecule has 2 heterocycles. The Morgan fingerprint density at radius 3 is 2.80 bits per heavy atom. The SMILES string of the molecule is NCc1ccnc(N2CCCc3ccccc3C2)c1F. The number of rotatable bonds is 2. The minimum absolute atomic E-state index is 0.200. The van der Waals surface area contributed by atoms with Gasteiger partial charge in [-0.15, -0.1) is 0 Å². The minimum atomic E-state index is -0.283. The molecule has 1 aliphatic rings. The van der Waals surface area contributed by atoms with Crippen LogP contribution in [0.25, 0.3) is 0 Å². The molecule has 1 aliphatic heterocycles. The van der Waals surface area contributed by atoms with Gasteiger partial charge in [0.05, 0.1) is 0 Å². The Kier molecular flexibility index (Phi) is 3.65. The molecule has 0 radical (unpaired) electrons. The highest BCUT2D eigenvalue weighted by Gasteiger charge is 2.19. The number of fused-ring (bicyclic) bond motifs is 1. The summed E-state index contributed by atoms with van der Waals surface area (Å²) in [6, 6.07) is 9.99. The summed E-state index contributed by atoms with van der Waals surface area (Å²) < 4.78 is 14.4. The molecule has 0 saturated heterocycles. The van der Waals surface area contributed by atoms with Gasteiger partial charge in [0.25, 0.3) is 0 Å². The van der Waals surface area contributed by atoms with Crippen molar-refractivity contribution < 1.29 is 4.39 Å². The normalized spacial score (nSPS) is 14.8. The van der Waals surface area contributed by atoms with Gasteiger partial charge in [-0.1, -0.05) is 24.3 Å². The Morgan fingerprint density at radius 2 is 2.00 bits per heavy atom. The number of hydrogen-bond acceptors (Lipinski definition) is 3. The van der Waals surface area contributed by atoms with Crippen LogP contribution in [0.4, 0.5) is 10.2 Å². The largest absolute Gasteiger partial charge is 0.350 e. The lowest BCUT2D eigenvalue weighted by Gasteiger charge is -2.23. The Morgan fingerprint density at radius 1 is 1.20 bits per heavy atom. The highest BCUT2D eigenvalue weighted by Crippen LogP contribution is 2.25. The average molecular weight is 271 g/mol. The number of hydrogen-bond donors (Lipinski definition) is 1. The zero-order chi connectivity index (χ0) is 13.9. The first kappa shape index (κ1) is 13.1. The number of nitrogens with two attached hydrogens (primary N) is 1. The lowest BCUT2D eigenvalue weighted by molar-refractivity contribution is 0.591. The molecule has 0 atom stereocenters. The summed E-state index contributed by atoms with van der Waals surface area (Å²) in [5, 5.41) is 0. The average Bonchev–Trinajstić information content (AvgIpc) is 2.69. The van der Waals surface area contributed by atoms with Gasteiger partial charge in [0.1, 0.15) is 0 Å². The number of halogens is 1. The topological polar surface area (TPSA) is 42.1 Å². The summed E-state index contributed by atoms with van der Waals surface area (Å²) in [5.74, 6) is 0.138. The van der Waals surface area contributed by atoms with Gasteiger partial charge < -0.3 is 10.6 Å². The van der Waals surface area contributed by atoms with Gasteiger partial charge >= 0.3 is 0 Å². The van der Waals surface area contributed by atoms with Crippen molar-refractivity contribution in [3.63, 3.8) is 0 Å². The van der Waals surface area contributed by atoms with E-state index in [1.165, 1.54) is 11.1 Å². The van der Waals surface area contributed by atoms with Gasteiger partial charge in [0, 0.05) is 31.4 Å². The van der Waals surface area contributed by atoms with E-state index in [2.05, 4.69) is 23.2 Å². The number of anilines is 1. The molecule has 2 N–H and O–H groups in total. The third-order valence-electron chi connectivity index (χ3n) is 3.82. The van der Waals surface area contributed by atoms with Gasteiger partial charge in [0.15, 0.2) is 11.6 Å².